The second kappa shape index (κ2) is 6.31. The van der Waals surface area contributed by atoms with Gasteiger partial charge in [0.2, 0.25) is 0 Å². The number of aromatic nitrogens is 2. The molecule has 1 aromatic rings. The molecular formula is C14H19N2O8P. The van der Waals surface area contributed by atoms with Crippen molar-refractivity contribution < 1.29 is 28.0 Å². The summed E-state index contributed by atoms with van der Waals surface area (Å²) in [5.41, 5.74) is -3.26. The summed E-state index contributed by atoms with van der Waals surface area (Å²) in [6.45, 7) is 6.72. The third kappa shape index (κ3) is 3.17. The zero-order valence-electron chi connectivity index (χ0n) is 13.7. The van der Waals surface area contributed by atoms with Crippen molar-refractivity contribution in [2.24, 2.45) is 0 Å². The number of fused-ring (bicyclic) bond motifs is 1. The molecule has 2 fully saturated rings. The van der Waals surface area contributed by atoms with Crippen LogP contribution in [-0.2, 0) is 22.9 Å². The van der Waals surface area contributed by atoms with E-state index in [-0.39, 0.29) is 6.61 Å². The summed E-state index contributed by atoms with van der Waals surface area (Å²) in [5.74, 6) is 0. The maximum atomic E-state index is 12.6. The molecular weight excluding hydrogens is 355 g/mol. The van der Waals surface area contributed by atoms with Gasteiger partial charge in [-0.1, -0.05) is 12.7 Å². The van der Waals surface area contributed by atoms with Crippen LogP contribution in [0.5, 0.6) is 0 Å². The predicted octanol–water partition coefficient (Wildman–Crippen LogP) is 0.300. The Morgan fingerprint density at radius 2 is 2.28 bits per heavy atom. The van der Waals surface area contributed by atoms with Crippen LogP contribution in [-0.4, -0.2) is 45.2 Å². The van der Waals surface area contributed by atoms with Gasteiger partial charge in [-0.3, -0.25) is 27.9 Å². The molecule has 0 bridgehead atoms. The summed E-state index contributed by atoms with van der Waals surface area (Å²) in [5, 5.41) is 11.0. The molecule has 0 radical (unpaired) electrons. The average molecular weight is 374 g/mol. The van der Waals surface area contributed by atoms with Crippen LogP contribution in [0.4, 0.5) is 0 Å². The highest BCUT2D eigenvalue weighted by atomic mass is 31.2. The van der Waals surface area contributed by atoms with E-state index in [1.54, 1.807) is 13.8 Å². The van der Waals surface area contributed by atoms with Crippen LogP contribution in [0.25, 0.3) is 0 Å². The molecule has 0 amide bonds. The molecule has 3 heterocycles. The highest BCUT2D eigenvalue weighted by Crippen LogP contribution is 2.59. The van der Waals surface area contributed by atoms with Gasteiger partial charge in [-0.15, -0.1) is 0 Å². The van der Waals surface area contributed by atoms with E-state index in [2.05, 4.69) is 11.6 Å². The molecule has 25 heavy (non-hydrogen) atoms. The fraction of sp³-hybridized carbons (Fsp3) is 0.571. The molecule has 0 saturated carbocycles. The van der Waals surface area contributed by atoms with Gasteiger partial charge in [0.25, 0.3) is 5.56 Å². The van der Waals surface area contributed by atoms with Gasteiger partial charge in [0, 0.05) is 12.3 Å². The van der Waals surface area contributed by atoms with Crippen molar-refractivity contribution >= 4 is 7.82 Å². The first kappa shape index (κ1) is 18.2. The number of H-pyrrole nitrogens is 1. The first-order valence-corrected chi connectivity index (χ1v) is 9.09. The van der Waals surface area contributed by atoms with E-state index in [0.717, 1.165) is 16.7 Å². The smallest absolute Gasteiger partial charge is 0.378 e. The number of rotatable bonds is 4. The largest absolute Gasteiger partial charge is 0.475 e. The number of aromatic amines is 1. The average Bonchev–Trinajstić information content (AvgIpc) is 2.79. The second-order valence-electron chi connectivity index (χ2n) is 6.06. The molecule has 11 heteroatoms. The van der Waals surface area contributed by atoms with Crippen molar-refractivity contribution in [1.82, 2.24) is 9.55 Å². The molecule has 3 rings (SSSR count). The summed E-state index contributed by atoms with van der Waals surface area (Å²) in [4.78, 5) is 25.4. The normalized spacial score (nSPS) is 37.8. The maximum absolute atomic E-state index is 12.6. The fourth-order valence-corrected chi connectivity index (χ4v) is 4.43. The summed E-state index contributed by atoms with van der Waals surface area (Å²) >= 11 is 0. The fourth-order valence-electron chi connectivity index (χ4n) is 2.83. The minimum absolute atomic E-state index is 0.167. The monoisotopic (exact) mass is 374 g/mol. The lowest BCUT2D eigenvalue weighted by atomic mass is 9.94. The third-order valence-corrected chi connectivity index (χ3v) is 5.53. The van der Waals surface area contributed by atoms with Crippen LogP contribution in [0, 0.1) is 0 Å². The summed E-state index contributed by atoms with van der Waals surface area (Å²) in [6.07, 6.45) is -1.30. The molecule has 2 N–H and O–H groups in total. The number of hydrogen-bond acceptors (Lipinski definition) is 8. The van der Waals surface area contributed by atoms with Crippen LogP contribution < -0.4 is 11.2 Å². The van der Waals surface area contributed by atoms with E-state index in [9.17, 15) is 19.3 Å². The Bertz CT molecular complexity index is 833. The summed E-state index contributed by atoms with van der Waals surface area (Å²) < 4.78 is 35.0. The lowest BCUT2D eigenvalue weighted by Gasteiger charge is -2.35. The van der Waals surface area contributed by atoms with Gasteiger partial charge in [-0.05, 0) is 13.8 Å². The van der Waals surface area contributed by atoms with Crippen molar-refractivity contribution in [3.05, 3.63) is 45.8 Å². The molecule has 1 aromatic heterocycles. The van der Waals surface area contributed by atoms with E-state index in [1.807, 2.05) is 0 Å². The number of ether oxygens (including phenoxy) is 1. The van der Waals surface area contributed by atoms with Crippen LogP contribution in [0.15, 0.2) is 34.5 Å². The number of nitrogens with zero attached hydrogens (tertiary/aromatic N) is 1. The lowest BCUT2D eigenvalue weighted by Crippen LogP contribution is -2.50. The van der Waals surface area contributed by atoms with Gasteiger partial charge in [0.1, 0.15) is 12.2 Å². The summed E-state index contributed by atoms with van der Waals surface area (Å²) in [6, 6.07) is 1.11. The predicted molar refractivity (Wildman–Crippen MR) is 85.0 cm³/mol. The van der Waals surface area contributed by atoms with Crippen molar-refractivity contribution in [2.45, 2.75) is 44.0 Å². The van der Waals surface area contributed by atoms with Crippen LogP contribution >= 0.6 is 7.82 Å². The quantitative estimate of drug-likeness (QED) is 0.569. The Balaban J connectivity index is 1.97. The minimum atomic E-state index is -3.90. The molecule has 2 aliphatic heterocycles. The molecule has 2 saturated heterocycles. The molecule has 0 spiro atoms. The van der Waals surface area contributed by atoms with Gasteiger partial charge in [-0.2, -0.15) is 0 Å². The number of phosphoric acid groups is 1. The molecule has 2 aliphatic rings. The number of aliphatic hydroxyl groups is 1. The van der Waals surface area contributed by atoms with Crippen molar-refractivity contribution in [3.8, 4) is 0 Å². The highest BCUT2D eigenvalue weighted by Gasteiger charge is 2.61. The first-order chi connectivity index (χ1) is 11.7. The zero-order chi connectivity index (χ0) is 18.4. The standard InChI is InChI=1S/C14H19N2O8P/c1-4-14(19)11-9(7-21-25(20,24-11)23-8(2)3)22-12(14)16-6-5-10(17)15-13(16)18/h4-6,8-9,11-12,19H,1,7H2,2-3H3,(H,15,17,18)/t9-,11-,12-,14-,25+/m1/s1. The SMILES string of the molecule is C=C[C@@]1(O)[C@@H]2O[P@](=O)(OC(C)C)OC[C@H]2O[C@H]1n1ccc(=O)[nH]c1=O. The molecule has 5 atom stereocenters. The highest BCUT2D eigenvalue weighted by molar-refractivity contribution is 7.48. The van der Waals surface area contributed by atoms with Crippen molar-refractivity contribution in [3.63, 3.8) is 0 Å². The Morgan fingerprint density at radius 1 is 1.56 bits per heavy atom. The van der Waals surface area contributed by atoms with Gasteiger partial charge in [-0.25, -0.2) is 9.36 Å². The van der Waals surface area contributed by atoms with E-state index in [4.69, 9.17) is 18.3 Å². The van der Waals surface area contributed by atoms with Crippen LogP contribution in [0.1, 0.15) is 20.1 Å². The van der Waals surface area contributed by atoms with E-state index in [0.29, 0.717) is 0 Å². The van der Waals surface area contributed by atoms with E-state index < -0.39 is 49.2 Å². The summed E-state index contributed by atoms with van der Waals surface area (Å²) in [7, 11) is -3.90. The van der Waals surface area contributed by atoms with E-state index >= 15 is 0 Å². The van der Waals surface area contributed by atoms with Gasteiger partial charge in [0.05, 0.1) is 12.7 Å². The lowest BCUT2D eigenvalue weighted by molar-refractivity contribution is -0.0763. The number of hydrogen-bond donors (Lipinski definition) is 2. The van der Waals surface area contributed by atoms with Gasteiger partial charge >= 0.3 is 13.5 Å². The Morgan fingerprint density at radius 3 is 2.88 bits per heavy atom. The van der Waals surface area contributed by atoms with Crippen molar-refractivity contribution in [2.75, 3.05) is 6.61 Å². The number of phosphoric ester groups is 1. The topological polar surface area (TPSA) is 129 Å². The van der Waals surface area contributed by atoms with Crippen LogP contribution in [0.2, 0.25) is 0 Å². The van der Waals surface area contributed by atoms with Gasteiger partial charge < -0.3 is 9.84 Å². The minimum Gasteiger partial charge on any atom is -0.378 e. The van der Waals surface area contributed by atoms with Gasteiger partial charge in [0.15, 0.2) is 11.8 Å². The zero-order valence-corrected chi connectivity index (χ0v) is 14.5. The Kier molecular flexibility index (Phi) is 4.61. The Labute approximate surface area is 142 Å². The maximum Gasteiger partial charge on any atom is 0.475 e. The first-order valence-electron chi connectivity index (χ1n) is 7.63. The Hall–Kier alpha value is -1.55. The molecule has 10 nitrogen and oxygen atoms in total. The second-order valence-corrected chi connectivity index (χ2v) is 7.63. The van der Waals surface area contributed by atoms with E-state index in [1.165, 1.54) is 6.20 Å². The molecule has 138 valence electrons. The molecule has 0 aromatic carbocycles. The third-order valence-electron chi connectivity index (χ3n) is 3.90. The van der Waals surface area contributed by atoms with Crippen molar-refractivity contribution in [1.29, 1.82) is 0 Å². The molecule has 0 unspecified atom stereocenters. The molecule has 0 aliphatic carbocycles. The van der Waals surface area contributed by atoms with Crippen LogP contribution in [0.3, 0.4) is 0 Å². The number of nitrogens with one attached hydrogen (secondary N) is 1.